The average molecular weight is 468 g/mol. The molecule has 178 valence electrons. The van der Waals surface area contributed by atoms with E-state index in [-0.39, 0.29) is 5.92 Å². The Morgan fingerprint density at radius 3 is 2.33 bits per heavy atom. The van der Waals surface area contributed by atoms with Gasteiger partial charge in [-0.3, -0.25) is 0 Å². The van der Waals surface area contributed by atoms with Crippen LogP contribution >= 0.6 is 12.2 Å². The second-order valence-corrected chi connectivity index (χ2v) is 9.46. The number of thiocarbonyl (C=S) groups is 1. The Balaban J connectivity index is 1.77. The van der Waals surface area contributed by atoms with Gasteiger partial charge in [0.2, 0.25) is 0 Å². The van der Waals surface area contributed by atoms with Crippen molar-refractivity contribution in [3.05, 3.63) is 71.3 Å². The Labute approximate surface area is 204 Å². The zero-order valence-corrected chi connectivity index (χ0v) is 20.7. The standard InChI is InChI=1S/C28H37NO3S/c1-3-32-26(28(30)31)20-22-14-17-23(18-15-22)25(19-16-21-10-6-4-7-11-21)27(33)29(2)24-12-8-5-9-13-24/h4,6-7,10-11,14-15,17-18,24-26H,3,5,8-9,12-13,16,19-20H2,1-2H3,(H,30,31)/t25-,26-/m1/s1. The monoisotopic (exact) mass is 467 g/mol. The first kappa shape index (κ1) is 25.4. The van der Waals surface area contributed by atoms with Crippen molar-refractivity contribution in [1.29, 1.82) is 0 Å². The number of benzene rings is 2. The third-order valence-electron chi connectivity index (χ3n) is 6.78. The molecule has 1 aliphatic carbocycles. The smallest absolute Gasteiger partial charge is 0.333 e. The first-order valence-electron chi connectivity index (χ1n) is 12.2. The van der Waals surface area contributed by atoms with Crippen LogP contribution in [0.4, 0.5) is 0 Å². The van der Waals surface area contributed by atoms with Crippen molar-refractivity contribution in [2.45, 2.75) is 76.4 Å². The maximum Gasteiger partial charge on any atom is 0.333 e. The Bertz CT molecular complexity index is 878. The first-order valence-corrected chi connectivity index (χ1v) is 12.6. The van der Waals surface area contributed by atoms with Crippen LogP contribution in [0.3, 0.4) is 0 Å². The topological polar surface area (TPSA) is 49.8 Å². The van der Waals surface area contributed by atoms with Gasteiger partial charge in [-0.15, -0.1) is 0 Å². The molecule has 1 aliphatic rings. The quantitative estimate of drug-likeness (QED) is 0.409. The van der Waals surface area contributed by atoms with Crippen LogP contribution in [0.15, 0.2) is 54.6 Å². The first-order chi connectivity index (χ1) is 16.0. The van der Waals surface area contributed by atoms with Crippen molar-refractivity contribution in [1.82, 2.24) is 4.90 Å². The van der Waals surface area contributed by atoms with Crippen LogP contribution in [-0.2, 0) is 22.4 Å². The number of ether oxygens (including phenoxy) is 1. The van der Waals surface area contributed by atoms with Gasteiger partial charge in [0.05, 0.1) is 4.99 Å². The summed E-state index contributed by atoms with van der Waals surface area (Å²) in [6.07, 6.45) is 7.81. The second-order valence-electron chi connectivity index (χ2n) is 9.05. The Morgan fingerprint density at radius 2 is 1.73 bits per heavy atom. The van der Waals surface area contributed by atoms with Gasteiger partial charge in [0.15, 0.2) is 6.10 Å². The van der Waals surface area contributed by atoms with Crippen LogP contribution in [0.2, 0.25) is 0 Å². The molecule has 0 spiro atoms. The number of hydrogen-bond acceptors (Lipinski definition) is 3. The molecule has 0 bridgehead atoms. The second kappa shape index (κ2) is 12.9. The Morgan fingerprint density at radius 1 is 1.06 bits per heavy atom. The molecular formula is C28H37NO3S. The molecule has 4 nitrogen and oxygen atoms in total. The van der Waals surface area contributed by atoms with Crippen LogP contribution < -0.4 is 0 Å². The minimum Gasteiger partial charge on any atom is -0.479 e. The highest BCUT2D eigenvalue weighted by Crippen LogP contribution is 2.30. The zero-order valence-electron chi connectivity index (χ0n) is 19.9. The zero-order chi connectivity index (χ0) is 23.6. The van der Waals surface area contributed by atoms with Crippen LogP contribution in [0.25, 0.3) is 0 Å². The molecule has 2 aromatic rings. The summed E-state index contributed by atoms with van der Waals surface area (Å²) in [5, 5.41) is 9.40. The summed E-state index contributed by atoms with van der Waals surface area (Å²) in [5.74, 6) is -0.764. The molecule has 1 fully saturated rings. The van der Waals surface area contributed by atoms with E-state index in [0.717, 1.165) is 23.4 Å². The predicted molar refractivity (Wildman–Crippen MR) is 138 cm³/mol. The Hall–Kier alpha value is -2.24. The summed E-state index contributed by atoms with van der Waals surface area (Å²) in [6.45, 7) is 2.21. The van der Waals surface area contributed by atoms with E-state index < -0.39 is 12.1 Å². The molecular weight excluding hydrogens is 430 g/mol. The highest BCUT2D eigenvalue weighted by atomic mass is 32.1. The van der Waals surface area contributed by atoms with Crippen molar-refractivity contribution in [2.24, 2.45) is 0 Å². The number of aryl methyl sites for hydroxylation is 1. The van der Waals surface area contributed by atoms with Gasteiger partial charge in [-0.2, -0.15) is 0 Å². The molecule has 0 unspecified atom stereocenters. The summed E-state index contributed by atoms with van der Waals surface area (Å²) in [7, 11) is 2.17. The van der Waals surface area contributed by atoms with E-state index in [1.54, 1.807) is 0 Å². The molecule has 0 aromatic heterocycles. The van der Waals surface area contributed by atoms with Gasteiger partial charge in [0.25, 0.3) is 0 Å². The number of aliphatic carboxylic acids is 1. The van der Waals surface area contributed by atoms with Gasteiger partial charge in [0, 0.05) is 32.0 Å². The molecule has 1 N–H and O–H groups in total. The van der Waals surface area contributed by atoms with E-state index in [4.69, 9.17) is 17.0 Å². The number of hydrogen-bond donors (Lipinski definition) is 1. The molecule has 2 aromatic carbocycles. The number of rotatable bonds is 11. The highest BCUT2D eigenvalue weighted by molar-refractivity contribution is 7.80. The minimum absolute atomic E-state index is 0.156. The largest absolute Gasteiger partial charge is 0.479 e. The van der Waals surface area contributed by atoms with E-state index in [1.165, 1.54) is 43.2 Å². The van der Waals surface area contributed by atoms with E-state index in [1.807, 2.05) is 25.1 Å². The number of carboxylic acid groups (broad SMARTS) is 1. The normalized spacial score (nSPS) is 16.2. The number of carbonyl (C=O) groups is 1. The van der Waals surface area contributed by atoms with Crippen molar-refractivity contribution in [2.75, 3.05) is 13.7 Å². The van der Waals surface area contributed by atoms with Crippen molar-refractivity contribution >= 4 is 23.2 Å². The van der Waals surface area contributed by atoms with Crippen molar-refractivity contribution < 1.29 is 14.6 Å². The lowest BCUT2D eigenvalue weighted by Crippen LogP contribution is -2.40. The van der Waals surface area contributed by atoms with E-state index in [2.05, 4.69) is 48.3 Å². The molecule has 3 rings (SSSR count). The molecule has 0 heterocycles. The third kappa shape index (κ3) is 7.38. The molecule has 0 aliphatic heterocycles. The lowest BCUT2D eigenvalue weighted by Gasteiger charge is -2.36. The van der Waals surface area contributed by atoms with E-state index >= 15 is 0 Å². The van der Waals surface area contributed by atoms with E-state index in [9.17, 15) is 9.90 Å². The fraction of sp³-hybridized carbons (Fsp3) is 0.500. The van der Waals surface area contributed by atoms with Crippen LogP contribution in [0, 0.1) is 0 Å². The van der Waals surface area contributed by atoms with Gasteiger partial charge < -0.3 is 14.7 Å². The van der Waals surface area contributed by atoms with Gasteiger partial charge in [-0.1, -0.05) is 86.1 Å². The molecule has 5 heteroatoms. The SMILES string of the molecule is CCO[C@H](Cc1ccc([C@@H](CCc2ccccc2)C(=S)N(C)C2CCCCC2)cc1)C(=O)O. The maximum absolute atomic E-state index is 11.5. The van der Waals surface area contributed by atoms with Crippen molar-refractivity contribution in [3.63, 3.8) is 0 Å². The van der Waals surface area contributed by atoms with Crippen molar-refractivity contribution in [3.8, 4) is 0 Å². The number of carboxylic acids is 1. The summed E-state index contributed by atoms with van der Waals surface area (Å²) in [5.41, 5.74) is 3.49. The Kier molecular flexibility index (Phi) is 9.89. The predicted octanol–water partition coefficient (Wildman–Crippen LogP) is 6.03. The van der Waals surface area contributed by atoms with Gasteiger partial charge in [0.1, 0.15) is 0 Å². The molecule has 1 saturated carbocycles. The minimum atomic E-state index is -0.919. The van der Waals surface area contributed by atoms with E-state index in [0.29, 0.717) is 19.1 Å². The third-order valence-corrected chi connectivity index (χ3v) is 7.35. The average Bonchev–Trinajstić information content (AvgIpc) is 2.85. The lowest BCUT2D eigenvalue weighted by atomic mass is 9.88. The molecule has 0 saturated heterocycles. The molecule has 33 heavy (non-hydrogen) atoms. The highest BCUT2D eigenvalue weighted by Gasteiger charge is 2.26. The molecule has 0 radical (unpaired) electrons. The van der Waals surface area contributed by atoms with Crippen LogP contribution in [0.1, 0.15) is 68.1 Å². The van der Waals surface area contributed by atoms with Crippen LogP contribution in [-0.4, -0.2) is 46.8 Å². The van der Waals surface area contributed by atoms with Gasteiger partial charge in [-0.25, -0.2) is 4.79 Å². The van der Waals surface area contributed by atoms with Crippen LogP contribution in [0.5, 0.6) is 0 Å². The van der Waals surface area contributed by atoms with Gasteiger partial charge in [-0.05, 0) is 49.3 Å². The lowest BCUT2D eigenvalue weighted by molar-refractivity contribution is -0.149. The molecule has 0 amide bonds. The summed E-state index contributed by atoms with van der Waals surface area (Å²) in [4.78, 5) is 14.8. The van der Waals surface area contributed by atoms with Gasteiger partial charge >= 0.3 is 5.97 Å². The summed E-state index contributed by atoms with van der Waals surface area (Å²) < 4.78 is 5.38. The fourth-order valence-corrected chi connectivity index (χ4v) is 5.20. The summed E-state index contributed by atoms with van der Waals surface area (Å²) in [6, 6.07) is 19.4. The summed E-state index contributed by atoms with van der Waals surface area (Å²) >= 11 is 6.08. The maximum atomic E-state index is 11.5. The number of likely N-dealkylation sites (N-methyl/N-ethyl adjacent to an activating group) is 1. The number of nitrogens with zero attached hydrogens (tertiary/aromatic N) is 1. The molecule has 2 atom stereocenters. The fourth-order valence-electron chi connectivity index (χ4n) is 4.80.